The van der Waals surface area contributed by atoms with E-state index in [1.165, 1.54) is 180 Å². The number of aromatic nitrogens is 1. The summed E-state index contributed by atoms with van der Waals surface area (Å²) in [6.45, 7) is 8.14. The summed E-state index contributed by atoms with van der Waals surface area (Å²) < 4.78 is 2.51. The fourth-order valence-corrected chi connectivity index (χ4v) is 5.73. The van der Waals surface area contributed by atoms with Crippen molar-refractivity contribution in [2.24, 2.45) is 0 Å². The van der Waals surface area contributed by atoms with Gasteiger partial charge in [-0.25, -0.2) is 4.57 Å². The maximum absolute atomic E-state index is 2.53. The third-order valence-corrected chi connectivity index (χ3v) is 8.32. The van der Waals surface area contributed by atoms with Crippen molar-refractivity contribution in [3.63, 3.8) is 0 Å². The fourth-order valence-electron chi connectivity index (χ4n) is 5.73. The molecule has 0 N–H and O–H groups in total. The molecule has 0 atom stereocenters. The highest BCUT2D eigenvalue weighted by molar-refractivity contribution is 5.21. The van der Waals surface area contributed by atoms with Crippen LogP contribution in [0.15, 0.2) is 18.5 Å². The summed E-state index contributed by atoms with van der Waals surface area (Å²) in [7, 11) is 0. The molecular formula is C36H68N+. The standard InChI is InChI=1S/C36H68N/c1-4-7-10-13-16-17-18-19-20-21-22-25-28-32-37-33-31-35(29-26-23-14-11-8-5-2)36(34-37)30-27-24-15-12-9-6-3/h31,33-34H,4-30,32H2,1-3H3/q+1. The summed E-state index contributed by atoms with van der Waals surface area (Å²) in [6.07, 6.45) is 42.9. The smallest absolute Gasteiger partial charge is 0.172 e. The maximum atomic E-state index is 2.53. The van der Waals surface area contributed by atoms with Gasteiger partial charge >= 0.3 is 0 Å². The van der Waals surface area contributed by atoms with Gasteiger partial charge in [-0.3, -0.25) is 0 Å². The van der Waals surface area contributed by atoms with Crippen LogP contribution in [0.5, 0.6) is 0 Å². The van der Waals surface area contributed by atoms with E-state index in [0.717, 1.165) is 0 Å². The van der Waals surface area contributed by atoms with Crippen LogP contribution in [-0.4, -0.2) is 0 Å². The number of hydrogen-bond donors (Lipinski definition) is 0. The lowest BCUT2D eigenvalue weighted by atomic mass is 9.98. The molecule has 0 unspecified atom stereocenters. The zero-order valence-corrected chi connectivity index (χ0v) is 26.0. The zero-order valence-electron chi connectivity index (χ0n) is 26.0. The van der Waals surface area contributed by atoms with Gasteiger partial charge in [0.05, 0.1) is 0 Å². The second kappa shape index (κ2) is 26.7. The van der Waals surface area contributed by atoms with Crippen molar-refractivity contribution in [3.8, 4) is 0 Å². The molecule has 0 amide bonds. The summed E-state index contributed by atoms with van der Waals surface area (Å²) in [5.41, 5.74) is 3.30. The van der Waals surface area contributed by atoms with Gasteiger partial charge in [0.25, 0.3) is 0 Å². The Labute approximate surface area is 234 Å². The average Bonchev–Trinajstić information content (AvgIpc) is 2.91. The van der Waals surface area contributed by atoms with Crippen LogP contribution in [-0.2, 0) is 19.4 Å². The summed E-state index contributed by atoms with van der Waals surface area (Å²) in [5, 5.41) is 0. The van der Waals surface area contributed by atoms with E-state index in [9.17, 15) is 0 Å². The van der Waals surface area contributed by atoms with Gasteiger partial charge in [0.15, 0.2) is 12.4 Å². The molecule has 0 aromatic carbocycles. The van der Waals surface area contributed by atoms with Gasteiger partial charge in [0, 0.05) is 18.1 Å². The van der Waals surface area contributed by atoms with Crippen molar-refractivity contribution in [2.75, 3.05) is 0 Å². The third kappa shape index (κ3) is 20.7. The van der Waals surface area contributed by atoms with Gasteiger partial charge in [-0.2, -0.15) is 0 Å². The van der Waals surface area contributed by atoms with Crippen LogP contribution >= 0.6 is 0 Å². The Bertz CT molecular complexity index is 592. The molecule has 0 aliphatic carbocycles. The number of pyridine rings is 1. The Morgan fingerprint density at radius 2 is 0.757 bits per heavy atom. The second-order valence-corrected chi connectivity index (χ2v) is 12.0. The van der Waals surface area contributed by atoms with Gasteiger partial charge in [0.2, 0.25) is 0 Å². The Hall–Kier alpha value is -0.850. The van der Waals surface area contributed by atoms with Crippen LogP contribution in [0.25, 0.3) is 0 Å². The Morgan fingerprint density at radius 1 is 0.405 bits per heavy atom. The highest BCUT2D eigenvalue weighted by Crippen LogP contribution is 2.17. The van der Waals surface area contributed by atoms with Crippen molar-refractivity contribution >= 4 is 0 Å². The molecule has 1 heteroatoms. The molecule has 0 aliphatic rings. The predicted molar refractivity (Wildman–Crippen MR) is 166 cm³/mol. The average molecular weight is 515 g/mol. The zero-order chi connectivity index (χ0) is 26.7. The maximum Gasteiger partial charge on any atom is 0.172 e. The first-order valence-corrected chi connectivity index (χ1v) is 17.3. The van der Waals surface area contributed by atoms with Crippen molar-refractivity contribution in [2.45, 2.75) is 201 Å². The molecule has 0 spiro atoms. The molecular weight excluding hydrogens is 446 g/mol. The van der Waals surface area contributed by atoms with Crippen LogP contribution in [0.1, 0.15) is 192 Å². The van der Waals surface area contributed by atoms with E-state index < -0.39 is 0 Å². The molecule has 0 bridgehead atoms. The van der Waals surface area contributed by atoms with E-state index in [-0.39, 0.29) is 0 Å². The Balaban J connectivity index is 2.28. The summed E-state index contributed by atoms with van der Waals surface area (Å²) in [6, 6.07) is 2.47. The van der Waals surface area contributed by atoms with Gasteiger partial charge < -0.3 is 0 Å². The minimum Gasteiger partial charge on any atom is -0.205 e. The molecule has 0 saturated heterocycles. The molecule has 1 rings (SSSR count). The largest absolute Gasteiger partial charge is 0.205 e. The van der Waals surface area contributed by atoms with Crippen LogP contribution in [0, 0.1) is 0 Å². The Kier molecular flexibility index (Phi) is 24.7. The molecule has 0 aliphatic heterocycles. The van der Waals surface area contributed by atoms with Crippen LogP contribution in [0.2, 0.25) is 0 Å². The summed E-state index contributed by atoms with van der Waals surface area (Å²) in [5.74, 6) is 0. The number of hydrogen-bond acceptors (Lipinski definition) is 0. The van der Waals surface area contributed by atoms with Crippen LogP contribution < -0.4 is 4.57 Å². The number of nitrogens with zero attached hydrogens (tertiary/aromatic N) is 1. The van der Waals surface area contributed by atoms with Crippen molar-refractivity contribution in [3.05, 3.63) is 29.6 Å². The Morgan fingerprint density at radius 3 is 1.19 bits per heavy atom. The van der Waals surface area contributed by atoms with E-state index in [1.807, 2.05) is 0 Å². The van der Waals surface area contributed by atoms with Gasteiger partial charge in [-0.1, -0.05) is 156 Å². The van der Waals surface area contributed by atoms with Crippen molar-refractivity contribution in [1.82, 2.24) is 0 Å². The lowest BCUT2D eigenvalue weighted by molar-refractivity contribution is -0.697. The summed E-state index contributed by atoms with van der Waals surface area (Å²) in [4.78, 5) is 0. The van der Waals surface area contributed by atoms with Gasteiger partial charge in [-0.15, -0.1) is 0 Å². The van der Waals surface area contributed by atoms with Gasteiger partial charge in [0.1, 0.15) is 6.54 Å². The normalized spacial score (nSPS) is 11.4. The number of unbranched alkanes of at least 4 members (excludes halogenated alkanes) is 22. The SMILES string of the molecule is CCCCCCCCCCCCCCC[n+]1ccc(CCCCCCCC)c(CCCCCCCC)c1. The molecule has 1 aromatic heterocycles. The fraction of sp³-hybridized carbons (Fsp3) is 0.861. The number of aryl methyl sites for hydroxylation is 3. The molecule has 1 nitrogen and oxygen atoms in total. The highest BCUT2D eigenvalue weighted by Gasteiger charge is 2.10. The summed E-state index contributed by atoms with van der Waals surface area (Å²) >= 11 is 0. The molecule has 0 fully saturated rings. The molecule has 0 radical (unpaired) electrons. The highest BCUT2D eigenvalue weighted by atomic mass is 14.9. The topological polar surface area (TPSA) is 3.88 Å². The first-order valence-electron chi connectivity index (χ1n) is 17.3. The lowest BCUT2D eigenvalue weighted by Gasteiger charge is -2.09. The molecule has 1 heterocycles. The minimum atomic E-state index is 1.21. The van der Waals surface area contributed by atoms with Gasteiger partial charge in [-0.05, 0) is 37.7 Å². The van der Waals surface area contributed by atoms with E-state index in [1.54, 1.807) is 11.1 Å². The van der Waals surface area contributed by atoms with Crippen LogP contribution in [0.4, 0.5) is 0 Å². The first kappa shape index (κ1) is 34.2. The van der Waals surface area contributed by atoms with E-state index in [4.69, 9.17) is 0 Å². The lowest BCUT2D eigenvalue weighted by Crippen LogP contribution is -2.34. The molecule has 0 saturated carbocycles. The quantitative estimate of drug-likeness (QED) is 0.0773. The molecule has 1 aromatic rings. The van der Waals surface area contributed by atoms with Crippen molar-refractivity contribution in [1.29, 1.82) is 0 Å². The van der Waals surface area contributed by atoms with E-state index in [0.29, 0.717) is 0 Å². The first-order chi connectivity index (χ1) is 18.3. The second-order valence-electron chi connectivity index (χ2n) is 12.0. The number of rotatable bonds is 28. The predicted octanol–water partition coefficient (Wildman–Crippen LogP) is 11.9. The minimum absolute atomic E-state index is 1.21. The van der Waals surface area contributed by atoms with Crippen LogP contribution in [0.3, 0.4) is 0 Å². The van der Waals surface area contributed by atoms with E-state index >= 15 is 0 Å². The molecule has 37 heavy (non-hydrogen) atoms. The monoisotopic (exact) mass is 515 g/mol. The van der Waals surface area contributed by atoms with Crippen molar-refractivity contribution < 1.29 is 4.57 Å². The third-order valence-electron chi connectivity index (χ3n) is 8.32. The molecule has 216 valence electrons. The van der Waals surface area contributed by atoms with E-state index in [2.05, 4.69) is 43.8 Å².